The van der Waals surface area contributed by atoms with Crippen LogP contribution in [0.5, 0.6) is 0 Å². The summed E-state index contributed by atoms with van der Waals surface area (Å²) in [4.78, 5) is 4.10. The SMILES string of the molecule is C#CCn1nc(-c2cccnc2)cc1C(C)C. The van der Waals surface area contributed by atoms with Crippen molar-refractivity contribution in [2.75, 3.05) is 0 Å². The summed E-state index contributed by atoms with van der Waals surface area (Å²) in [5.41, 5.74) is 3.10. The Labute approximate surface area is 102 Å². The Morgan fingerprint density at radius 3 is 2.88 bits per heavy atom. The fourth-order valence-electron chi connectivity index (χ4n) is 1.76. The third kappa shape index (κ3) is 2.36. The molecule has 2 rings (SSSR count). The summed E-state index contributed by atoms with van der Waals surface area (Å²) >= 11 is 0. The molecule has 2 heterocycles. The van der Waals surface area contributed by atoms with Crippen molar-refractivity contribution in [3.8, 4) is 23.6 Å². The van der Waals surface area contributed by atoms with Gasteiger partial charge in [0.25, 0.3) is 0 Å². The van der Waals surface area contributed by atoms with Crippen molar-refractivity contribution in [2.45, 2.75) is 26.3 Å². The van der Waals surface area contributed by atoms with Crippen LogP contribution in [0.3, 0.4) is 0 Å². The molecule has 0 aromatic carbocycles. The summed E-state index contributed by atoms with van der Waals surface area (Å²) < 4.78 is 1.88. The largest absolute Gasteiger partial charge is 0.264 e. The second-order valence-corrected chi connectivity index (χ2v) is 4.21. The molecule has 17 heavy (non-hydrogen) atoms. The number of terminal acetylenes is 1. The van der Waals surface area contributed by atoms with E-state index in [0.29, 0.717) is 12.5 Å². The zero-order valence-electron chi connectivity index (χ0n) is 10.1. The van der Waals surface area contributed by atoms with Gasteiger partial charge >= 0.3 is 0 Å². The minimum absolute atomic E-state index is 0.404. The van der Waals surface area contributed by atoms with Crippen molar-refractivity contribution in [1.82, 2.24) is 14.8 Å². The molecule has 0 aliphatic heterocycles. The molecule has 3 heteroatoms. The van der Waals surface area contributed by atoms with E-state index in [0.717, 1.165) is 17.0 Å². The van der Waals surface area contributed by atoms with E-state index in [1.54, 1.807) is 6.20 Å². The summed E-state index contributed by atoms with van der Waals surface area (Å²) in [5, 5.41) is 4.53. The molecule has 0 fully saturated rings. The smallest absolute Gasteiger partial charge is 0.102 e. The van der Waals surface area contributed by atoms with Crippen LogP contribution in [0.2, 0.25) is 0 Å². The van der Waals surface area contributed by atoms with Gasteiger partial charge in [0.05, 0.1) is 5.69 Å². The molecule has 86 valence electrons. The first-order valence-corrected chi connectivity index (χ1v) is 5.64. The van der Waals surface area contributed by atoms with Gasteiger partial charge < -0.3 is 0 Å². The fraction of sp³-hybridized carbons (Fsp3) is 0.286. The van der Waals surface area contributed by atoms with Gasteiger partial charge in [0.15, 0.2) is 0 Å². The van der Waals surface area contributed by atoms with Crippen LogP contribution >= 0.6 is 0 Å². The van der Waals surface area contributed by atoms with E-state index in [2.05, 4.69) is 35.9 Å². The zero-order chi connectivity index (χ0) is 12.3. The molecule has 0 saturated carbocycles. The van der Waals surface area contributed by atoms with Gasteiger partial charge in [-0.05, 0) is 24.1 Å². The summed E-state index contributed by atoms with van der Waals surface area (Å²) in [6, 6.07) is 5.99. The first-order valence-electron chi connectivity index (χ1n) is 5.64. The van der Waals surface area contributed by atoms with Gasteiger partial charge in [-0.2, -0.15) is 5.10 Å². The molecule has 0 aliphatic carbocycles. The molecule has 0 unspecified atom stereocenters. The number of pyridine rings is 1. The third-order valence-electron chi connectivity index (χ3n) is 2.60. The highest BCUT2D eigenvalue weighted by molar-refractivity contribution is 5.58. The summed E-state index contributed by atoms with van der Waals surface area (Å²) in [7, 11) is 0. The Morgan fingerprint density at radius 2 is 2.29 bits per heavy atom. The Balaban J connectivity index is 2.44. The second kappa shape index (κ2) is 4.84. The lowest BCUT2D eigenvalue weighted by Crippen LogP contribution is -2.04. The molecular formula is C14H15N3. The Morgan fingerprint density at radius 1 is 1.47 bits per heavy atom. The highest BCUT2D eigenvalue weighted by atomic mass is 15.3. The highest BCUT2D eigenvalue weighted by Gasteiger charge is 2.11. The number of rotatable bonds is 3. The van der Waals surface area contributed by atoms with Crippen LogP contribution in [0, 0.1) is 12.3 Å². The molecule has 0 saturated heterocycles. The number of hydrogen-bond acceptors (Lipinski definition) is 2. The van der Waals surface area contributed by atoms with Gasteiger partial charge in [0.2, 0.25) is 0 Å². The minimum atomic E-state index is 0.404. The fourth-order valence-corrected chi connectivity index (χ4v) is 1.76. The van der Waals surface area contributed by atoms with Crippen LogP contribution in [0.15, 0.2) is 30.6 Å². The monoisotopic (exact) mass is 225 g/mol. The predicted octanol–water partition coefficient (Wildman–Crippen LogP) is 2.70. The van der Waals surface area contributed by atoms with E-state index in [1.165, 1.54) is 0 Å². The van der Waals surface area contributed by atoms with Gasteiger partial charge in [-0.1, -0.05) is 19.8 Å². The molecule has 0 N–H and O–H groups in total. The van der Waals surface area contributed by atoms with Crippen LogP contribution in [0.4, 0.5) is 0 Å². The van der Waals surface area contributed by atoms with E-state index in [1.807, 2.05) is 23.0 Å². The Bertz CT molecular complexity index is 532. The standard InChI is InChI=1S/C14H15N3/c1-4-8-17-14(11(2)3)9-13(16-17)12-6-5-7-15-10-12/h1,5-7,9-11H,8H2,2-3H3. The zero-order valence-corrected chi connectivity index (χ0v) is 10.1. The van der Waals surface area contributed by atoms with Gasteiger partial charge in [-0.15, -0.1) is 6.42 Å². The first kappa shape index (κ1) is 11.4. The quantitative estimate of drug-likeness (QED) is 0.752. The Hall–Kier alpha value is -2.08. The molecule has 0 radical (unpaired) electrons. The van der Waals surface area contributed by atoms with Crippen LogP contribution in [-0.4, -0.2) is 14.8 Å². The first-order chi connectivity index (χ1) is 8.22. The van der Waals surface area contributed by atoms with Crippen LogP contribution in [0.25, 0.3) is 11.3 Å². The van der Waals surface area contributed by atoms with Crippen molar-refractivity contribution in [3.05, 3.63) is 36.3 Å². The van der Waals surface area contributed by atoms with E-state index >= 15 is 0 Å². The van der Waals surface area contributed by atoms with Crippen molar-refractivity contribution in [3.63, 3.8) is 0 Å². The van der Waals surface area contributed by atoms with Crippen LogP contribution < -0.4 is 0 Å². The lowest BCUT2D eigenvalue weighted by molar-refractivity contribution is 0.637. The van der Waals surface area contributed by atoms with Crippen molar-refractivity contribution in [1.29, 1.82) is 0 Å². The van der Waals surface area contributed by atoms with Crippen molar-refractivity contribution in [2.24, 2.45) is 0 Å². The van der Waals surface area contributed by atoms with E-state index < -0.39 is 0 Å². The second-order valence-electron chi connectivity index (χ2n) is 4.21. The molecular weight excluding hydrogens is 210 g/mol. The maximum atomic E-state index is 5.35. The van der Waals surface area contributed by atoms with Crippen molar-refractivity contribution >= 4 is 0 Å². The number of hydrogen-bond donors (Lipinski definition) is 0. The molecule has 0 spiro atoms. The van der Waals surface area contributed by atoms with Gasteiger partial charge in [-0.25, -0.2) is 0 Å². The highest BCUT2D eigenvalue weighted by Crippen LogP contribution is 2.22. The number of nitrogens with zero attached hydrogens (tertiary/aromatic N) is 3. The van der Waals surface area contributed by atoms with Crippen molar-refractivity contribution < 1.29 is 0 Å². The summed E-state index contributed by atoms with van der Waals surface area (Å²) in [5.74, 6) is 3.03. The predicted molar refractivity (Wildman–Crippen MR) is 68.4 cm³/mol. The average Bonchev–Trinajstić information content (AvgIpc) is 2.75. The maximum Gasteiger partial charge on any atom is 0.102 e. The molecule has 2 aromatic rings. The minimum Gasteiger partial charge on any atom is -0.264 e. The molecule has 2 aromatic heterocycles. The third-order valence-corrected chi connectivity index (χ3v) is 2.60. The van der Waals surface area contributed by atoms with Gasteiger partial charge in [0, 0.05) is 23.7 Å². The molecule has 0 atom stereocenters. The van der Waals surface area contributed by atoms with E-state index in [9.17, 15) is 0 Å². The molecule has 0 amide bonds. The van der Waals surface area contributed by atoms with E-state index in [-0.39, 0.29) is 0 Å². The lowest BCUT2D eigenvalue weighted by Gasteiger charge is -2.05. The summed E-state index contributed by atoms with van der Waals surface area (Å²) in [6.45, 7) is 4.78. The van der Waals surface area contributed by atoms with Crippen LogP contribution in [-0.2, 0) is 6.54 Å². The molecule has 3 nitrogen and oxygen atoms in total. The lowest BCUT2D eigenvalue weighted by atomic mass is 10.1. The Kier molecular flexibility index (Phi) is 3.24. The van der Waals surface area contributed by atoms with E-state index in [4.69, 9.17) is 6.42 Å². The molecule has 0 bridgehead atoms. The average molecular weight is 225 g/mol. The van der Waals surface area contributed by atoms with Crippen LogP contribution in [0.1, 0.15) is 25.5 Å². The maximum absolute atomic E-state index is 5.35. The summed E-state index contributed by atoms with van der Waals surface area (Å²) in [6.07, 6.45) is 8.92. The van der Waals surface area contributed by atoms with Gasteiger partial charge in [-0.3, -0.25) is 9.67 Å². The number of aromatic nitrogens is 3. The van der Waals surface area contributed by atoms with Gasteiger partial charge in [0.1, 0.15) is 6.54 Å². The topological polar surface area (TPSA) is 30.7 Å². The normalized spacial score (nSPS) is 10.5. The molecule has 0 aliphatic rings.